The predicted molar refractivity (Wildman–Crippen MR) is 142 cm³/mol. The molecule has 4 heterocycles. The molecule has 4 aromatic rings. The Morgan fingerprint density at radius 2 is 2.11 bits per heavy atom. The number of nitrogens with zero attached hydrogens (tertiary/aromatic N) is 4. The van der Waals surface area contributed by atoms with Crippen molar-refractivity contribution < 1.29 is 9.90 Å². The Bertz CT molecular complexity index is 1270. The first-order valence-corrected chi connectivity index (χ1v) is 12.4. The average Bonchev–Trinajstić information content (AvgIpc) is 3.48. The topological polar surface area (TPSA) is 125 Å². The number of nitrogen functional groups attached to an aromatic ring is 1. The maximum Gasteiger partial charge on any atom is 0.338 e. The van der Waals surface area contributed by atoms with Gasteiger partial charge in [0.05, 0.1) is 39.5 Å². The van der Waals surface area contributed by atoms with E-state index in [0.717, 1.165) is 52.1 Å². The standard InChI is InChI=1S/C14H20BrN5.C11H10N2O2/c1-2-17-9-4-3-5-20(8-9)13-10(15)6-18-14-12(13)11(16)7-19-14;14-11(15)10-6-12-13(8-10)7-9-4-2-1-3-5-9/h6-7,9,17H,2-5,8,16H2,1H3,(H,18,19);1-6,8H,7H2,(H,14,15)/t9-;/m1./s1. The number of hydrogen-bond acceptors (Lipinski definition) is 6. The van der Waals surface area contributed by atoms with Gasteiger partial charge in [0.1, 0.15) is 5.65 Å². The van der Waals surface area contributed by atoms with Crippen LogP contribution in [0.15, 0.2) is 59.6 Å². The Morgan fingerprint density at radius 1 is 1.31 bits per heavy atom. The normalized spacial score (nSPS) is 15.6. The molecule has 1 aromatic carbocycles. The third kappa shape index (κ3) is 6.01. The average molecular weight is 540 g/mol. The van der Waals surface area contributed by atoms with E-state index in [-0.39, 0.29) is 5.56 Å². The van der Waals surface area contributed by atoms with Crippen LogP contribution in [0.1, 0.15) is 35.7 Å². The largest absolute Gasteiger partial charge is 0.478 e. The molecular weight excluding hydrogens is 510 g/mol. The van der Waals surface area contributed by atoms with Crippen LogP contribution < -0.4 is 16.0 Å². The molecule has 1 aliphatic heterocycles. The van der Waals surface area contributed by atoms with Gasteiger partial charge in [-0.3, -0.25) is 4.68 Å². The van der Waals surface area contributed by atoms with Gasteiger partial charge in [0.15, 0.2) is 0 Å². The molecule has 35 heavy (non-hydrogen) atoms. The number of hydrogen-bond donors (Lipinski definition) is 4. The van der Waals surface area contributed by atoms with Crippen molar-refractivity contribution in [1.82, 2.24) is 25.1 Å². The summed E-state index contributed by atoms with van der Waals surface area (Å²) in [6.07, 6.45) is 8.97. The Hall–Kier alpha value is -3.37. The maximum atomic E-state index is 10.6. The third-order valence-corrected chi connectivity index (χ3v) is 6.54. The monoisotopic (exact) mass is 539 g/mol. The molecular formula is C25H30BrN7O2. The van der Waals surface area contributed by atoms with Gasteiger partial charge in [0, 0.05) is 37.7 Å². The van der Waals surface area contributed by atoms with Gasteiger partial charge in [-0.05, 0) is 40.9 Å². The molecule has 0 amide bonds. The lowest BCUT2D eigenvalue weighted by atomic mass is 10.0. The fraction of sp³-hybridized carbons (Fsp3) is 0.320. The Balaban J connectivity index is 0.000000172. The molecule has 0 saturated carbocycles. The van der Waals surface area contributed by atoms with Crippen LogP contribution in [0.5, 0.6) is 0 Å². The van der Waals surface area contributed by atoms with E-state index in [2.05, 4.69) is 48.1 Å². The van der Waals surface area contributed by atoms with Gasteiger partial charge in [-0.1, -0.05) is 37.3 Å². The minimum atomic E-state index is -0.950. The fourth-order valence-electron chi connectivity index (χ4n) is 4.36. The summed E-state index contributed by atoms with van der Waals surface area (Å²) in [5, 5.41) is 17.3. The van der Waals surface area contributed by atoms with Crippen molar-refractivity contribution in [3.63, 3.8) is 0 Å². The Kier molecular flexibility index (Phi) is 8.04. The van der Waals surface area contributed by atoms with Gasteiger partial charge in [0.25, 0.3) is 0 Å². The summed E-state index contributed by atoms with van der Waals surface area (Å²) in [4.78, 5) is 20.5. The van der Waals surface area contributed by atoms with E-state index in [1.54, 1.807) is 4.68 Å². The van der Waals surface area contributed by atoms with Gasteiger partial charge in [-0.2, -0.15) is 5.10 Å². The molecule has 3 aromatic heterocycles. The highest BCUT2D eigenvalue weighted by Crippen LogP contribution is 2.37. The number of rotatable bonds is 6. The summed E-state index contributed by atoms with van der Waals surface area (Å²) in [5.74, 6) is -0.950. The van der Waals surface area contributed by atoms with Crippen molar-refractivity contribution in [3.05, 3.63) is 70.7 Å². The number of piperidine rings is 1. The number of aromatic amines is 1. The number of fused-ring (bicyclic) bond motifs is 1. The molecule has 1 aliphatic rings. The van der Waals surface area contributed by atoms with Crippen LogP contribution in [-0.2, 0) is 6.54 Å². The number of benzene rings is 1. The van der Waals surface area contributed by atoms with Gasteiger partial charge in [-0.15, -0.1) is 0 Å². The third-order valence-electron chi connectivity index (χ3n) is 5.96. The smallest absolute Gasteiger partial charge is 0.338 e. The van der Waals surface area contributed by atoms with E-state index >= 15 is 0 Å². The van der Waals surface area contributed by atoms with E-state index in [4.69, 9.17) is 10.8 Å². The first-order chi connectivity index (χ1) is 17.0. The number of pyridine rings is 1. The number of halogens is 1. The summed E-state index contributed by atoms with van der Waals surface area (Å²) in [7, 11) is 0. The van der Waals surface area contributed by atoms with Gasteiger partial charge in [-0.25, -0.2) is 9.78 Å². The van der Waals surface area contributed by atoms with E-state index < -0.39 is 5.97 Å². The molecule has 1 atom stereocenters. The number of H-pyrrole nitrogens is 1. The number of carboxylic acid groups (broad SMARTS) is 1. The lowest BCUT2D eigenvalue weighted by molar-refractivity contribution is 0.0696. The number of nitrogens with two attached hydrogens (primary N) is 1. The SMILES string of the molecule is CCN[C@@H]1CCCN(c2c(Br)cnc3[nH]cc(N)c23)C1.O=C(O)c1cnn(Cc2ccccc2)c1. The van der Waals surface area contributed by atoms with Crippen LogP contribution in [0.2, 0.25) is 0 Å². The summed E-state index contributed by atoms with van der Waals surface area (Å²) in [6.45, 7) is 5.83. The Labute approximate surface area is 212 Å². The molecule has 5 rings (SSSR count). The summed E-state index contributed by atoms with van der Waals surface area (Å²) >= 11 is 3.64. The molecule has 1 fully saturated rings. The first kappa shape index (κ1) is 24.7. The molecule has 0 radical (unpaired) electrons. The quantitative estimate of drug-likeness (QED) is 0.290. The van der Waals surface area contributed by atoms with Gasteiger partial charge in [0.2, 0.25) is 0 Å². The van der Waals surface area contributed by atoms with Gasteiger partial charge >= 0.3 is 5.97 Å². The Morgan fingerprint density at radius 3 is 2.83 bits per heavy atom. The molecule has 0 unspecified atom stereocenters. The van der Waals surface area contributed by atoms with Crippen LogP contribution in [0.3, 0.4) is 0 Å². The predicted octanol–water partition coefficient (Wildman–Crippen LogP) is 4.12. The molecule has 0 spiro atoms. The number of carbonyl (C=O) groups is 1. The van der Waals surface area contributed by atoms with Crippen LogP contribution in [0.4, 0.5) is 11.4 Å². The lowest BCUT2D eigenvalue weighted by Crippen LogP contribution is -2.45. The van der Waals surface area contributed by atoms with Crippen molar-refractivity contribution in [2.45, 2.75) is 32.4 Å². The van der Waals surface area contributed by atoms with Crippen LogP contribution in [0, 0.1) is 0 Å². The number of anilines is 2. The summed E-state index contributed by atoms with van der Waals surface area (Å²) in [5.41, 5.74) is 10.2. The summed E-state index contributed by atoms with van der Waals surface area (Å²) < 4.78 is 2.62. The van der Waals surface area contributed by atoms with E-state index in [9.17, 15) is 4.79 Å². The highest BCUT2D eigenvalue weighted by Gasteiger charge is 2.24. The second-order valence-corrected chi connectivity index (χ2v) is 9.34. The van der Waals surface area contributed by atoms with Crippen molar-refractivity contribution in [2.24, 2.45) is 0 Å². The van der Waals surface area contributed by atoms with Crippen molar-refractivity contribution in [2.75, 3.05) is 30.3 Å². The molecule has 9 nitrogen and oxygen atoms in total. The number of carboxylic acids is 1. The zero-order chi connectivity index (χ0) is 24.8. The molecule has 0 aliphatic carbocycles. The van der Waals surface area contributed by atoms with Crippen molar-refractivity contribution in [1.29, 1.82) is 0 Å². The number of nitrogens with one attached hydrogen (secondary N) is 2. The van der Waals surface area contributed by atoms with Crippen LogP contribution in [-0.4, -0.2) is 56.5 Å². The second kappa shape index (κ2) is 11.4. The lowest BCUT2D eigenvalue weighted by Gasteiger charge is -2.35. The maximum absolute atomic E-state index is 10.6. The van der Waals surface area contributed by atoms with Crippen molar-refractivity contribution in [3.8, 4) is 0 Å². The van der Waals surface area contributed by atoms with Gasteiger partial charge < -0.3 is 26.0 Å². The number of likely N-dealkylation sites (N-methyl/N-ethyl adjacent to an activating group) is 1. The van der Waals surface area contributed by atoms with Crippen LogP contribution in [0.25, 0.3) is 11.0 Å². The summed E-state index contributed by atoms with van der Waals surface area (Å²) in [6, 6.07) is 10.3. The number of aromatic carboxylic acids is 1. The molecule has 5 N–H and O–H groups in total. The van der Waals surface area contributed by atoms with Crippen LogP contribution >= 0.6 is 15.9 Å². The minimum Gasteiger partial charge on any atom is -0.478 e. The molecule has 1 saturated heterocycles. The fourth-order valence-corrected chi connectivity index (χ4v) is 4.91. The number of aromatic nitrogens is 4. The second-order valence-electron chi connectivity index (χ2n) is 8.48. The highest BCUT2D eigenvalue weighted by atomic mass is 79.9. The molecule has 0 bridgehead atoms. The highest BCUT2D eigenvalue weighted by molar-refractivity contribution is 9.10. The zero-order valence-corrected chi connectivity index (χ0v) is 21.2. The van der Waals surface area contributed by atoms with E-state index in [0.29, 0.717) is 12.6 Å². The molecule has 10 heteroatoms. The zero-order valence-electron chi connectivity index (χ0n) is 19.6. The molecule has 184 valence electrons. The van der Waals surface area contributed by atoms with E-state index in [1.807, 2.05) is 42.7 Å². The first-order valence-electron chi connectivity index (χ1n) is 11.6. The van der Waals surface area contributed by atoms with Crippen molar-refractivity contribution >= 4 is 44.3 Å². The van der Waals surface area contributed by atoms with E-state index in [1.165, 1.54) is 25.2 Å². The minimum absolute atomic E-state index is 0.214.